The standard InChI is InChI=1S/4CH3NS2.3Mo.3O.4S/c4*2-1(3)4;;;;;;;;;;/h4*(H3,2,3,4);;;;;;;;;;/q;;;;3*+4;;;;4*-2/p-4. The van der Waals surface area contributed by atoms with Crippen molar-refractivity contribution in [1.82, 2.24) is 0 Å². The van der Waals surface area contributed by atoms with Crippen molar-refractivity contribution in [3.8, 4) is 0 Å². The molecular formula is C4H8Mo3N4O3S12. The number of rotatable bonds is 0. The summed E-state index contributed by atoms with van der Waals surface area (Å²) >= 11 is 35.1. The normalized spacial score (nSPS) is 4.38. The molecule has 0 aromatic rings. The van der Waals surface area contributed by atoms with Crippen LogP contribution in [0.1, 0.15) is 0 Å². The fourth-order valence-corrected chi connectivity index (χ4v) is 0. The molecule has 7 nitrogen and oxygen atoms in total. The molecule has 0 amide bonds. The van der Waals surface area contributed by atoms with Gasteiger partial charge in [0.25, 0.3) is 0 Å². The molecule has 0 heterocycles. The Bertz CT molecular complexity index is 226. The second-order valence-electron chi connectivity index (χ2n) is 1.28. The molecule has 0 fully saturated rings. The molecule has 152 valence electrons. The first kappa shape index (κ1) is 70.1. The Morgan fingerprint density at radius 3 is 0.462 bits per heavy atom. The third-order valence-corrected chi connectivity index (χ3v) is 0. The number of thiocarbonyl (C=S) groups is 4. The van der Waals surface area contributed by atoms with Crippen LogP contribution in [0.2, 0.25) is 0 Å². The summed E-state index contributed by atoms with van der Waals surface area (Å²) in [6.07, 6.45) is 0. The maximum atomic E-state index is 8.26. The summed E-state index contributed by atoms with van der Waals surface area (Å²) in [6.45, 7) is 0. The summed E-state index contributed by atoms with van der Waals surface area (Å²) in [5.41, 5.74) is 18.6. The summed E-state index contributed by atoms with van der Waals surface area (Å²) in [5.74, 6) is 0. The van der Waals surface area contributed by atoms with Gasteiger partial charge in [-0.2, -0.15) is 0 Å². The number of nitrogens with two attached hydrogens (primary N) is 4. The predicted octanol–water partition coefficient (Wildman–Crippen LogP) is -1.27. The molecule has 8 N–H and O–H groups in total. The smallest absolute Gasteiger partial charge is 2.00 e. The van der Waals surface area contributed by atoms with Crippen LogP contribution in [0.25, 0.3) is 0 Å². The van der Waals surface area contributed by atoms with Gasteiger partial charge >= 0.3 is 69.5 Å². The summed E-state index contributed by atoms with van der Waals surface area (Å²) in [6, 6.07) is 0. The molecular weight excluding hydrogens is 825 g/mol. The Morgan fingerprint density at radius 1 is 0.462 bits per heavy atom. The van der Waals surface area contributed by atoms with Gasteiger partial charge in [-0.1, -0.05) is 17.3 Å². The van der Waals surface area contributed by atoms with Crippen molar-refractivity contribution < 1.29 is 69.5 Å². The van der Waals surface area contributed by atoms with Gasteiger partial charge in [-0.25, -0.2) is 0 Å². The average molecular weight is 833 g/mol. The molecule has 0 aromatic heterocycles. The van der Waals surface area contributed by atoms with E-state index < -0.39 is 0 Å². The predicted molar refractivity (Wildman–Crippen MR) is 128 cm³/mol. The van der Waals surface area contributed by atoms with E-state index in [9.17, 15) is 0 Å². The molecule has 0 aliphatic heterocycles. The first-order chi connectivity index (χ1) is 9.93. The van der Waals surface area contributed by atoms with Gasteiger partial charge < -0.3 is 176 Å². The number of hydrogen-bond donors (Lipinski definition) is 4. The Morgan fingerprint density at radius 2 is 0.462 bits per heavy atom. The fourth-order valence-electron chi connectivity index (χ4n) is 0. The summed E-state index contributed by atoms with van der Waals surface area (Å²) in [5, 5.41) is 0. The summed E-state index contributed by atoms with van der Waals surface area (Å²) < 4.78 is 25.1. The van der Waals surface area contributed by atoms with E-state index in [4.69, 9.17) is 10.2 Å². The maximum absolute atomic E-state index is 8.26. The van der Waals surface area contributed by atoms with E-state index in [0.717, 1.165) is 0 Å². The fraction of sp³-hybridized carbons (Fsp3) is 0. The summed E-state index contributed by atoms with van der Waals surface area (Å²) in [7, 11) is 0. The molecule has 0 atom stereocenters. The topological polar surface area (TPSA) is 155 Å². The molecule has 22 heteroatoms. The molecule has 0 saturated heterocycles. The quantitative estimate of drug-likeness (QED) is 0.130. The Labute approximate surface area is 259 Å². The van der Waals surface area contributed by atoms with Crippen LogP contribution < -0.4 is 22.9 Å². The second-order valence-corrected chi connectivity index (χ2v) is 5.83. The van der Waals surface area contributed by atoms with Crippen LogP contribution >= 0.6 is 48.9 Å². The minimum absolute atomic E-state index is 0. The van der Waals surface area contributed by atoms with Gasteiger partial charge in [0, 0.05) is 0 Å². The van der Waals surface area contributed by atoms with Crippen LogP contribution in [-0.4, -0.2) is 17.3 Å². The molecule has 0 unspecified atom stereocenters. The third kappa shape index (κ3) is 1730. The molecule has 0 rings (SSSR count). The van der Waals surface area contributed by atoms with Crippen molar-refractivity contribution in [2.45, 2.75) is 0 Å². The van der Waals surface area contributed by atoms with Crippen molar-refractivity contribution >= 4 is 171 Å². The Hall–Kier alpha value is 3.30. The zero-order valence-electron chi connectivity index (χ0n) is 11.7. The molecule has 0 bridgehead atoms. The first-order valence-corrected chi connectivity index (χ1v) is 9.01. The van der Waals surface area contributed by atoms with E-state index in [0.29, 0.717) is 59.3 Å². The van der Waals surface area contributed by atoms with Crippen LogP contribution in [0.15, 0.2) is 0 Å². The zero-order valence-corrected chi connectivity index (χ0v) is 27.5. The zero-order chi connectivity index (χ0) is 20.3. The van der Waals surface area contributed by atoms with Crippen LogP contribution in [0, 0.1) is 0 Å². The first-order valence-electron chi connectivity index (χ1n) is 3.29. The SMILES string of the molecule is NC(=S)[S-].NC(=S)[S-].NC(=S)[S-].NC(=S)[S-].[O]=[Mo+4].[O]=[Mo+4].[O]=[Mo+4].[S-2].[S-2].[S-2].[S-2]. The van der Waals surface area contributed by atoms with E-state index in [1.807, 2.05) is 0 Å². The van der Waals surface area contributed by atoms with Gasteiger partial charge in [-0.15, -0.1) is 0 Å². The van der Waals surface area contributed by atoms with Crippen molar-refractivity contribution in [3.05, 3.63) is 0 Å². The molecule has 0 radical (unpaired) electrons. The monoisotopic (exact) mass is 837 g/mol. The largest absolute Gasteiger partial charge is 2.00 e. The summed E-state index contributed by atoms with van der Waals surface area (Å²) in [4.78, 5) is 0. The Kier molecular flexibility index (Phi) is 243. The van der Waals surface area contributed by atoms with Gasteiger partial charge in [0.2, 0.25) is 0 Å². The van der Waals surface area contributed by atoms with Crippen molar-refractivity contribution in [3.63, 3.8) is 0 Å². The maximum Gasteiger partial charge on any atom is -2.00 e. The molecule has 0 aliphatic rings. The van der Waals surface area contributed by atoms with Gasteiger partial charge in [-0.3, -0.25) is 0 Å². The number of hydrogen-bond acceptors (Lipinski definition) is 11. The van der Waals surface area contributed by atoms with E-state index in [1.165, 1.54) is 0 Å². The van der Waals surface area contributed by atoms with Crippen LogP contribution in [0.4, 0.5) is 0 Å². The van der Waals surface area contributed by atoms with Crippen molar-refractivity contribution in [2.24, 2.45) is 22.9 Å². The van der Waals surface area contributed by atoms with E-state index in [-0.39, 0.29) is 71.3 Å². The minimum Gasteiger partial charge on any atom is -2.00 e. The Balaban J connectivity index is -0.0000000112. The van der Waals surface area contributed by atoms with E-state index in [1.54, 1.807) is 0 Å². The van der Waals surface area contributed by atoms with Crippen LogP contribution in [0.3, 0.4) is 0 Å². The second kappa shape index (κ2) is 90.1. The average Bonchev–Trinajstić information content (AvgIpc) is 2.33. The van der Waals surface area contributed by atoms with Crippen LogP contribution in [-0.2, 0) is 174 Å². The van der Waals surface area contributed by atoms with Gasteiger partial charge in [0.1, 0.15) is 0 Å². The van der Waals surface area contributed by atoms with Gasteiger partial charge in [-0.05, 0) is 0 Å². The third-order valence-electron chi connectivity index (χ3n) is 0. The molecule has 0 saturated carbocycles. The van der Waals surface area contributed by atoms with E-state index >= 15 is 0 Å². The van der Waals surface area contributed by atoms with Crippen molar-refractivity contribution in [1.29, 1.82) is 0 Å². The van der Waals surface area contributed by atoms with Crippen LogP contribution in [0.5, 0.6) is 0 Å². The molecule has 0 spiro atoms. The molecule has 0 aromatic carbocycles. The van der Waals surface area contributed by atoms with Gasteiger partial charge in [0.05, 0.1) is 0 Å². The minimum atomic E-state index is 0. The van der Waals surface area contributed by atoms with Crippen molar-refractivity contribution in [2.75, 3.05) is 0 Å². The van der Waals surface area contributed by atoms with E-state index in [2.05, 4.69) is 122 Å². The molecule has 26 heavy (non-hydrogen) atoms. The molecule has 0 aliphatic carbocycles. The van der Waals surface area contributed by atoms with Gasteiger partial charge in [0.15, 0.2) is 0 Å².